The molecule has 142 valence electrons. The summed E-state index contributed by atoms with van der Waals surface area (Å²) in [5.41, 5.74) is 0.793. The fraction of sp³-hybridized carbons (Fsp3) is 0.579. The second-order valence-corrected chi connectivity index (χ2v) is 7.31. The Hall–Kier alpha value is -1.99. The molecule has 1 saturated carbocycles. The minimum absolute atomic E-state index is 0.0220. The van der Waals surface area contributed by atoms with E-state index in [9.17, 15) is 14.0 Å². The zero-order valence-electron chi connectivity index (χ0n) is 15.0. The monoisotopic (exact) mass is 363 g/mol. The lowest BCUT2D eigenvalue weighted by atomic mass is 9.97. The van der Waals surface area contributed by atoms with E-state index in [-0.39, 0.29) is 30.4 Å². The Bertz CT molecular complexity index is 640. The summed E-state index contributed by atoms with van der Waals surface area (Å²) in [5.74, 6) is -1.18. The molecule has 0 radical (unpaired) electrons. The standard InChI is InChI=1S/C19H26FN3O3/c1-22(12-17(24)25)16-8-10-23(11-9-16)18(19(26)21-15-6-7-15)13-2-4-14(20)5-3-13/h2-5,15-16,18H,6-12H2,1H3,(H,21,26)(H,24,25). The minimum atomic E-state index is -0.831. The molecule has 1 aromatic rings. The van der Waals surface area contributed by atoms with Gasteiger partial charge in [0.1, 0.15) is 11.9 Å². The van der Waals surface area contributed by atoms with Gasteiger partial charge in [-0.3, -0.25) is 19.4 Å². The van der Waals surface area contributed by atoms with E-state index in [1.54, 1.807) is 12.1 Å². The normalized spacial score (nSPS) is 20.1. The Balaban J connectivity index is 1.68. The smallest absolute Gasteiger partial charge is 0.317 e. The predicted octanol–water partition coefficient (Wildman–Crippen LogP) is 1.63. The molecule has 1 amide bonds. The van der Waals surface area contributed by atoms with Crippen LogP contribution in [0.15, 0.2) is 24.3 Å². The van der Waals surface area contributed by atoms with Gasteiger partial charge in [-0.25, -0.2) is 4.39 Å². The van der Waals surface area contributed by atoms with Crippen molar-refractivity contribution in [1.82, 2.24) is 15.1 Å². The van der Waals surface area contributed by atoms with Crippen LogP contribution < -0.4 is 5.32 Å². The average Bonchev–Trinajstić information content (AvgIpc) is 3.41. The lowest BCUT2D eigenvalue weighted by Crippen LogP contribution is -2.49. The number of likely N-dealkylation sites (N-methyl/N-ethyl adjacent to an activating group) is 1. The topological polar surface area (TPSA) is 72.9 Å². The maximum atomic E-state index is 13.3. The molecule has 2 fully saturated rings. The van der Waals surface area contributed by atoms with Gasteiger partial charge in [-0.15, -0.1) is 0 Å². The van der Waals surface area contributed by atoms with Crippen molar-refractivity contribution in [2.45, 2.75) is 43.8 Å². The van der Waals surface area contributed by atoms with Crippen LogP contribution in [0.5, 0.6) is 0 Å². The summed E-state index contributed by atoms with van der Waals surface area (Å²) in [7, 11) is 1.83. The molecule has 1 aromatic carbocycles. The van der Waals surface area contributed by atoms with E-state index in [0.717, 1.165) is 31.2 Å². The Labute approximate surface area is 153 Å². The predicted molar refractivity (Wildman–Crippen MR) is 95.2 cm³/mol. The zero-order valence-corrected chi connectivity index (χ0v) is 15.0. The number of hydrogen-bond donors (Lipinski definition) is 2. The van der Waals surface area contributed by atoms with E-state index in [2.05, 4.69) is 10.2 Å². The van der Waals surface area contributed by atoms with E-state index in [0.29, 0.717) is 13.1 Å². The average molecular weight is 363 g/mol. The van der Waals surface area contributed by atoms with Crippen LogP contribution in [0, 0.1) is 5.82 Å². The molecule has 0 bridgehead atoms. The van der Waals surface area contributed by atoms with E-state index in [4.69, 9.17) is 5.11 Å². The number of likely N-dealkylation sites (tertiary alicyclic amines) is 1. The van der Waals surface area contributed by atoms with Gasteiger partial charge in [-0.05, 0) is 50.4 Å². The molecule has 1 unspecified atom stereocenters. The molecule has 7 heteroatoms. The van der Waals surface area contributed by atoms with Gasteiger partial charge in [0.25, 0.3) is 0 Å². The molecule has 0 aromatic heterocycles. The highest BCUT2D eigenvalue weighted by Gasteiger charge is 2.34. The van der Waals surface area contributed by atoms with Crippen LogP contribution in [0.3, 0.4) is 0 Å². The van der Waals surface area contributed by atoms with Crippen molar-refractivity contribution in [3.63, 3.8) is 0 Å². The maximum Gasteiger partial charge on any atom is 0.317 e. The van der Waals surface area contributed by atoms with Gasteiger partial charge >= 0.3 is 5.97 Å². The maximum absolute atomic E-state index is 13.3. The fourth-order valence-electron chi connectivity index (χ4n) is 3.61. The van der Waals surface area contributed by atoms with Crippen LogP contribution in [0.1, 0.15) is 37.3 Å². The summed E-state index contributed by atoms with van der Waals surface area (Å²) < 4.78 is 13.3. The number of halogens is 1. The summed E-state index contributed by atoms with van der Waals surface area (Å²) in [4.78, 5) is 27.7. The molecule has 3 rings (SSSR count). The van der Waals surface area contributed by atoms with E-state index >= 15 is 0 Å². The summed E-state index contributed by atoms with van der Waals surface area (Å²) in [6.45, 7) is 1.43. The molecule has 26 heavy (non-hydrogen) atoms. The van der Waals surface area contributed by atoms with E-state index in [1.807, 2.05) is 11.9 Å². The Morgan fingerprint density at radius 2 is 1.85 bits per heavy atom. The Morgan fingerprint density at radius 3 is 2.38 bits per heavy atom. The van der Waals surface area contributed by atoms with Gasteiger partial charge in [0, 0.05) is 25.2 Å². The first-order valence-corrected chi connectivity index (χ1v) is 9.16. The van der Waals surface area contributed by atoms with Crippen molar-refractivity contribution < 1.29 is 19.1 Å². The van der Waals surface area contributed by atoms with Crippen molar-refractivity contribution in [2.75, 3.05) is 26.7 Å². The number of nitrogens with one attached hydrogen (secondary N) is 1. The molecular formula is C19H26FN3O3. The largest absolute Gasteiger partial charge is 0.480 e. The molecule has 1 atom stereocenters. The summed E-state index contributed by atoms with van der Waals surface area (Å²) >= 11 is 0. The number of nitrogens with zero attached hydrogens (tertiary/aromatic N) is 2. The molecule has 1 saturated heterocycles. The van der Waals surface area contributed by atoms with Gasteiger partial charge in [-0.2, -0.15) is 0 Å². The molecule has 1 aliphatic carbocycles. The number of rotatable bonds is 7. The van der Waals surface area contributed by atoms with Gasteiger partial charge in [0.05, 0.1) is 6.54 Å². The van der Waals surface area contributed by atoms with Gasteiger partial charge in [-0.1, -0.05) is 12.1 Å². The second-order valence-electron chi connectivity index (χ2n) is 7.31. The number of hydrogen-bond acceptors (Lipinski definition) is 4. The molecule has 2 N–H and O–H groups in total. The summed E-state index contributed by atoms with van der Waals surface area (Å²) in [5, 5.41) is 12.0. The highest BCUT2D eigenvalue weighted by Crippen LogP contribution is 2.28. The molecule has 6 nitrogen and oxygen atoms in total. The minimum Gasteiger partial charge on any atom is -0.480 e. The number of benzene rings is 1. The van der Waals surface area contributed by atoms with Crippen LogP contribution in [-0.2, 0) is 9.59 Å². The van der Waals surface area contributed by atoms with Crippen LogP contribution in [0.4, 0.5) is 4.39 Å². The molecule has 1 heterocycles. The van der Waals surface area contributed by atoms with Crippen molar-refractivity contribution in [3.8, 4) is 0 Å². The third-order valence-electron chi connectivity index (χ3n) is 5.23. The summed E-state index contributed by atoms with van der Waals surface area (Å²) in [6.07, 6.45) is 3.64. The van der Waals surface area contributed by atoms with Crippen LogP contribution in [0.25, 0.3) is 0 Å². The van der Waals surface area contributed by atoms with E-state index < -0.39 is 12.0 Å². The molecule has 1 aliphatic heterocycles. The van der Waals surface area contributed by atoms with Crippen molar-refractivity contribution in [3.05, 3.63) is 35.6 Å². The third kappa shape index (κ3) is 4.80. The first kappa shape index (κ1) is 18.8. The van der Waals surface area contributed by atoms with Crippen LogP contribution >= 0.6 is 0 Å². The SMILES string of the molecule is CN(CC(=O)O)C1CCN(C(C(=O)NC2CC2)c2ccc(F)cc2)CC1. The number of carbonyl (C=O) groups is 2. The van der Waals surface area contributed by atoms with Crippen LogP contribution in [0.2, 0.25) is 0 Å². The highest BCUT2D eigenvalue weighted by molar-refractivity contribution is 5.83. The number of aliphatic carboxylic acids is 1. The number of carbonyl (C=O) groups excluding carboxylic acids is 1. The number of piperidine rings is 1. The quantitative estimate of drug-likeness (QED) is 0.770. The van der Waals surface area contributed by atoms with Crippen molar-refractivity contribution >= 4 is 11.9 Å². The lowest BCUT2D eigenvalue weighted by molar-refractivity contribution is -0.138. The molecule has 0 spiro atoms. The summed E-state index contributed by atoms with van der Waals surface area (Å²) in [6, 6.07) is 6.17. The number of carboxylic acid groups (broad SMARTS) is 1. The van der Waals surface area contributed by atoms with Crippen LogP contribution in [-0.4, -0.2) is 65.5 Å². The van der Waals surface area contributed by atoms with Gasteiger partial charge in [0.15, 0.2) is 0 Å². The highest BCUT2D eigenvalue weighted by atomic mass is 19.1. The number of amides is 1. The van der Waals surface area contributed by atoms with Gasteiger partial charge < -0.3 is 10.4 Å². The first-order valence-electron chi connectivity index (χ1n) is 9.16. The second kappa shape index (κ2) is 8.14. The third-order valence-corrected chi connectivity index (χ3v) is 5.23. The fourth-order valence-corrected chi connectivity index (χ4v) is 3.61. The Morgan fingerprint density at radius 1 is 1.23 bits per heavy atom. The number of carboxylic acids is 1. The van der Waals surface area contributed by atoms with Gasteiger partial charge in [0.2, 0.25) is 5.91 Å². The van der Waals surface area contributed by atoms with Crippen molar-refractivity contribution in [2.24, 2.45) is 0 Å². The van der Waals surface area contributed by atoms with Crippen molar-refractivity contribution in [1.29, 1.82) is 0 Å². The molecular weight excluding hydrogens is 337 g/mol. The molecule has 2 aliphatic rings. The zero-order chi connectivity index (χ0) is 18.7. The first-order chi connectivity index (χ1) is 12.4. The lowest BCUT2D eigenvalue weighted by Gasteiger charge is -2.39. The Kier molecular flexibility index (Phi) is 5.88. The van der Waals surface area contributed by atoms with E-state index in [1.165, 1.54) is 12.1 Å².